The second kappa shape index (κ2) is 8.19. The average Bonchev–Trinajstić information content (AvgIpc) is 2.37. The van der Waals surface area contributed by atoms with Gasteiger partial charge in [-0.2, -0.15) is 0 Å². The lowest BCUT2D eigenvalue weighted by Crippen LogP contribution is -2.10. The first-order valence-electron chi connectivity index (χ1n) is 6.78. The molecule has 5 nitrogen and oxygen atoms in total. The van der Waals surface area contributed by atoms with Crippen LogP contribution in [0.2, 0.25) is 0 Å². The largest absolute Gasteiger partial charge is 0.508 e. The first-order valence-corrected chi connectivity index (χ1v) is 6.78. The Morgan fingerprint density at radius 2 is 2.10 bits per heavy atom. The van der Waals surface area contributed by atoms with E-state index in [1.54, 1.807) is 6.07 Å². The van der Waals surface area contributed by atoms with Crippen molar-refractivity contribution in [1.82, 2.24) is 0 Å². The van der Waals surface area contributed by atoms with Gasteiger partial charge in [0, 0.05) is 25.1 Å². The molecule has 0 aliphatic rings. The molecule has 0 fully saturated rings. The molecule has 0 heterocycles. The topological polar surface area (TPSA) is 75.6 Å². The van der Waals surface area contributed by atoms with Crippen molar-refractivity contribution in [2.75, 3.05) is 11.9 Å². The van der Waals surface area contributed by atoms with Gasteiger partial charge in [0.05, 0.1) is 6.61 Å². The van der Waals surface area contributed by atoms with E-state index in [2.05, 4.69) is 5.32 Å². The smallest absolute Gasteiger partial charge is 0.306 e. The molecule has 20 heavy (non-hydrogen) atoms. The summed E-state index contributed by atoms with van der Waals surface area (Å²) in [5, 5.41) is 12.1. The highest BCUT2D eigenvalue weighted by atomic mass is 16.5. The van der Waals surface area contributed by atoms with Gasteiger partial charge in [-0.3, -0.25) is 9.59 Å². The van der Waals surface area contributed by atoms with Crippen LogP contribution in [0.25, 0.3) is 0 Å². The zero-order valence-electron chi connectivity index (χ0n) is 11.9. The van der Waals surface area contributed by atoms with Crippen molar-refractivity contribution < 1.29 is 19.4 Å². The van der Waals surface area contributed by atoms with Gasteiger partial charge < -0.3 is 15.2 Å². The van der Waals surface area contributed by atoms with Crippen LogP contribution in [-0.4, -0.2) is 23.6 Å². The fraction of sp³-hybridized carbons (Fsp3) is 0.467. The highest BCUT2D eigenvalue weighted by Crippen LogP contribution is 2.23. The lowest BCUT2D eigenvalue weighted by atomic mass is 10.1. The number of hydrogen-bond donors (Lipinski definition) is 2. The Kier molecular flexibility index (Phi) is 6.56. The standard InChI is InChI=1S/C15H21NO4/c1-3-4-9-20-15(19)8-6-12-5-7-13(18)10-14(12)16-11(2)17/h5,7,10,18H,3-4,6,8-9H2,1-2H3,(H,16,17). The number of carbonyl (C=O) groups excluding carboxylic acids is 2. The van der Waals surface area contributed by atoms with Crippen molar-refractivity contribution in [3.8, 4) is 5.75 Å². The molecular formula is C15H21NO4. The number of nitrogens with one attached hydrogen (secondary N) is 1. The number of phenolic OH excluding ortho intramolecular Hbond substituents is 1. The monoisotopic (exact) mass is 279 g/mol. The molecule has 0 spiro atoms. The molecule has 1 rings (SSSR count). The number of aromatic hydroxyl groups is 1. The van der Waals surface area contributed by atoms with Gasteiger partial charge >= 0.3 is 5.97 Å². The van der Waals surface area contributed by atoms with Crippen LogP contribution in [0, 0.1) is 0 Å². The van der Waals surface area contributed by atoms with Crippen molar-refractivity contribution in [3.63, 3.8) is 0 Å². The third-order valence-electron chi connectivity index (χ3n) is 2.76. The van der Waals surface area contributed by atoms with Gasteiger partial charge in [-0.15, -0.1) is 0 Å². The van der Waals surface area contributed by atoms with Gasteiger partial charge in [0.1, 0.15) is 5.75 Å². The van der Waals surface area contributed by atoms with Gasteiger partial charge in [0.25, 0.3) is 0 Å². The van der Waals surface area contributed by atoms with Crippen LogP contribution in [0.4, 0.5) is 5.69 Å². The van der Waals surface area contributed by atoms with Crippen molar-refractivity contribution in [1.29, 1.82) is 0 Å². The second-order valence-corrected chi connectivity index (χ2v) is 4.60. The van der Waals surface area contributed by atoms with Gasteiger partial charge in [0.2, 0.25) is 5.91 Å². The Hall–Kier alpha value is -2.04. The molecule has 0 aliphatic carbocycles. The molecule has 1 aromatic rings. The number of benzene rings is 1. The van der Waals surface area contributed by atoms with E-state index in [4.69, 9.17) is 4.74 Å². The zero-order chi connectivity index (χ0) is 15.0. The lowest BCUT2D eigenvalue weighted by molar-refractivity contribution is -0.143. The number of aryl methyl sites for hydroxylation is 1. The molecule has 110 valence electrons. The summed E-state index contributed by atoms with van der Waals surface area (Å²) >= 11 is 0. The SMILES string of the molecule is CCCCOC(=O)CCc1ccc(O)cc1NC(C)=O. The van der Waals surface area contributed by atoms with Gasteiger partial charge in [-0.25, -0.2) is 0 Å². The van der Waals surface area contributed by atoms with E-state index in [1.165, 1.54) is 19.1 Å². The molecule has 0 radical (unpaired) electrons. The molecule has 1 amide bonds. The third-order valence-corrected chi connectivity index (χ3v) is 2.76. The number of anilines is 1. The molecule has 5 heteroatoms. The number of rotatable bonds is 7. The van der Waals surface area contributed by atoms with Crippen molar-refractivity contribution in [3.05, 3.63) is 23.8 Å². The molecule has 0 saturated heterocycles. The molecule has 0 aliphatic heterocycles. The van der Waals surface area contributed by atoms with Gasteiger partial charge in [0.15, 0.2) is 0 Å². The highest BCUT2D eigenvalue weighted by Gasteiger charge is 2.09. The second-order valence-electron chi connectivity index (χ2n) is 4.60. The van der Waals surface area contributed by atoms with E-state index in [0.29, 0.717) is 18.7 Å². The van der Waals surface area contributed by atoms with Crippen molar-refractivity contribution in [2.45, 2.75) is 39.5 Å². The lowest BCUT2D eigenvalue weighted by Gasteiger charge is -2.10. The van der Waals surface area contributed by atoms with Crippen LogP contribution in [0.5, 0.6) is 5.75 Å². The van der Waals surface area contributed by atoms with E-state index in [1.807, 2.05) is 6.92 Å². The van der Waals surface area contributed by atoms with E-state index < -0.39 is 0 Å². The average molecular weight is 279 g/mol. The summed E-state index contributed by atoms with van der Waals surface area (Å²) in [5.41, 5.74) is 1.32. The highest BCUT2D eigenvalue weighted by molar-refractivity contribution is 5.89. The number of carbonyl (C=O) groups is 2. The molecule has 0 bridgehead atoms. The van der Waals surface area contributed by atoms with Crippen molar-refractivity contribution >= 4 is 17.6 Å². The number of ether oxygens (including phenoxy) is 1. The molecule has 2 N–H and O–H groups in total. The number of unbranched alkanes of at least 4 members (excludes halogenated alkanes) is 1. The minimum atomic E-state index is -0.250. The molecule has 0 aromatic heterocycles. The maximum Gasteiger partial charge on any atom is 0.306 e. The predicted octanol–water partition coefficient (Wildman–Crippen LogP) is 2.63. The molecular weight excluding hydrogens is 258 g/mol. The molecule has 1 aromatic carbocycles. The summed E-state index contributed by atoms with van der Waals surface area (Å²) in [6.45, 7) is 3.88. The summed E-state index contributed by atoms with van der Waals surface area (Å²) in [4.78, 5) is 22.6. The number of phenols is 1. The minimum absolute atomic E-state index is 0.0722. The zero-order valence-corrected chi connectivity index (χ0v) is 11.9. The van der Waals surface area contributed by atoms with E-state index >= 15 is 0 Å². The quantitative estimate of drug-likeness (QED) is 0.594. The Labute approximate surface area is 118 Å². The van der Waals surface area contributed by atoms with E-state index in [9.17, 15) is 14.7 Å². The van der Waals surface area contributed by atoms with Crippen molar-refractivity contribution in [2.24, 2.45) is 0 Å². The first-order chi connectivity index (χ1) is 9.52. The summed E-state index contributed by atoms with van der Waals surface area (Å²) in [7, 11) is 0. The Morgan fingerprint density at radius 1 is 1.35 bits per heavy atom. The van der Waals surface area contributed by atoms with Crippen LogP contribution in [0.1, 0.15) is 38.7 Å². The first kappa shape index (κ1) is 16.0. The fourth-order valence-corrected chi connectivity index (χ4v) is 1.73. The van der Waals surface area contributed by atoms with Crippen LogP contribution >= 0.6 is 0 Å². The molecule has 0 unspecified atom stereocenters. The maximum absolute atomic E-state index is 11.5. The van der Waals surface area contributed by atoms with E-state index in [0.717, 1.165) is 18.4 Å². The number of esters is 1. The number of amides is 1. The Balaban J connectivity index is 2.58. The van der Waals surface area contributed by atoms with Crippen LogP contribution in [-0.2, 0) is 20.7 Å². The summed E-state index contributed by atoms with van der Waals surface area (Å²) in [5.74, 6) is -0.398. The Bertz CT molecular complexity index is 471. The normalized spacial score (nSPS) is 10.1. The summed E-state index contributed by atoms with van der Waals surface area (Å²) in [6, 6.07) is 4.70. The number of hydrogen-bond acceptors (Lipinski definition) is 4. The fourth-order valence-electron chi connectivity index (χ4n) is 1.73. The van der Waals surface area contributed by atoms with Crippen LogP contribution in [0.3, 0.4) is 0 Å². The van der Waals surface area contributed by atoms with E-state index in [-0.39, 0.29) is 24.0 Å². The third kappa shape index (κ3) is 5.73. The Morgan fingerprint density at radius 3 is 2.75 bits per heavy atom. The summed E-state index contributed by atoms with van der Waals surface area (Å²) < 4.78 is 5.07. The summed E-state index contributed by atoms with van der Waals surface area (Å²) in [6.07, 6.45) is 2.56. The molecule has 0 saturated carbocycles. The van der Waals surface area contributed by atoms with Gasteiger partial charge in [-0.1, -0.05) is 19.4 Å². The minimum Gasteiger partial charge on any atom is -0.508 e. The van der Waals surface area contributed by atoms with Crippen LogP contribution < -0.4 is 5.32 Å². The van der Waals surface area contributed by atoms with Gasteiger partial charge in [-0.05, 0) is 24.5 Å². The van der Waals surface area contributed by atoms with Crippen LogP contribution in [0.15, 0.2) is 18.2 Å². The maximum atomic E-state index is 11.5. The molecule has 0 atom stereocenters. The predicted molar refractivity (Wildman–Crippen MR) is 76.6 cm³/mol.